The second-order valence-corrected chi connectivity index (χ2v) is 7.71. The van der Waals surface area contributed by atoms with Gasteiger partial charge >= 0.3 is 0 Å². The van der Waals surface area contributed by atoms with Gasteiger partial charge in [-0.05, 0) is 40.7 Å². The van der Waals surface area contributed by atoms with Gasteiger partial charge < -0.3 is 14.4 Å². The Morgan fingerprint density at radius 1 is 1.26 bits per heavy atom. The van der Waals surface area contributed by atoms with E-state index in [1.807, 2.05) is 64.4 Å². The van der Waals surface area contributed by atoms with Crippen LogP contribution >= 0.6 is 0 Å². The summed E-state index contributed by atoms with van der Waals surface area (Å²) in [4.78, 5) is 15.2. The Labute approximate surface area is 160 Å². The van der Waals surface area contributed by atoms with E-state index in [0.29, 0.717) is 25.3 Å². The van der Waals surface area contributed by atoms with E-state index in [4.69, 9.17) is 9.47 Å². The van der Waals surface area contributed by atoms with Gasteiger partial charge in [-0.25, -0.2) is 0 Å². The van der Waals surface area contributed by atoms with Crippen molar-refractivity contribution in [2.75, 3.05) is 13.2 Å². The number of ether oxygens (including phenoxy) is 2. The van der Waals surface area contributed by atoms with Crippen molar-refractivity contribution in [1.29, 1.82) is 0 Å². The fourth-order valence-electron chi connectivity index (χ4n) is 3.57. The minimum atomic E-state index is -0.622. The first kappa shape index (κ1) is 19.6. The molecule has 0 aliphatic carbocycles. The van der Waals surface area contributed by atoms with E-state index in [-0.39, 0.29) is 12.0 Å². The molecule has 3 heterocycles. The largest absolute Gasteiger partial charge is 0.348 e. The van der Waals surface area contributed by atoms with E-state index in [2.05, 4.69) is 10.2 Å². The molecule has 0 unspecified atom stereocenters. The average molecular weight is 375 g/mol. The quantitative estimate of drug-likeness (QED) is 0.798. The van der Waals surface area contributed by atoms with E-state index >= 15 is 0 Å². The van der Waals surface area contributed by atoms with Gasteiger partial charge in [0.05, 0.1) is 42.3 Å². The Hall–Kier alpha value is -2.19. The second kappa shape index (κ2) is 7.09. The van der Waals surface area contributed by atoms with Crippen molar-refractivity contribution in [3.05, 3.63) is 34.4 Å². The summed E-state index contributed by atoms with van der Waals surface area (Å²) in [7, 11) is 3.74. The molecule has 8 heteroatoms. The molecule has 3 rings (SSSR count). The van der Waals surface area contributed by atoms with Gasteiger partial charge in [0.2, 0.25) is 0 Å². The molecule has 1 aliphatic rings. The highest BCUT2D eigenvalue weighted by molar-refractivity contribution is 5.96. The third-order valence-corrected chi connectivity index (χ3v) is 4.95. The van der Waals surface area contributed by atoms with Gasteiger partial charge in [-0.2, -0.15) is 10.2 Å². The predicted molar refractivity (Wildman–Crippen MR) is 100 cm³/mol. The van der Waals surface area contributed by atoms with Gasteiger partial charge in [0.1, 0.15) is 6.10 Å². The van der Waals surface area contributed by atoms with Crippen LogP contribution in [0, 0.1) is 20.8 Å². The van der Waals surface area contributed by atoms with Gasteiger partial charge in [0.25, 0.3) is 5.91 Å². The molecule has 0 bridgehead atoms. The first-order valence-corrected chi connectivity index (χ1v) is 9.18. The van der Waals surface area contributed by atoms with Crippen LogP contribution in [0.4, 0.5) is 0 Å². The molecule has 1 atom stereocenters. The molecule has 2 aromatic heterocycles. The molecule has 2 aromatic rings. The Balaban J connectivity index is 1.89. The fraction of sp³-hybridized carbons (Fsp3) is 0.632. The SMILES string of the molecule is Cc1cc(CN(C[C@@H]2COC(C)(C)O2)C(=O)c2c(C)nn(C)c2C)n(C)n1. The normalized spacial score (nSPS) is 18.9. The minimum Gasteiger partial charge on any atom is -0.348 e. The van der Waals surface area contributed by atoms with Crippen molar-refractivity contribution in [2.24, 2.45) is 14.1 Å². The van der Waals surface area contributed by atoms with Crippen LogP contribution in [0.5, 0.6) is 0 Å². The first-order chi connectivity index (χ1) is 12.6. The van der Waals surface area contributed by atoms with Crippen molar-refractivity contribution >= 4 is 5.91 Å². The summed E-state index contributed by atoms with van der Waals surface area (Å²) < 4.78 is 15.2. The van der Waals surface area contributed by atoms with E-state index in [1.165, 1.54) is 0 Å². The van der Waals surface area contributed by atoms with Crippen LogP contribution in [0.3, 0.4) is 0 Å². The monoisotopic (exact) mass is 375 g/mol. The zero-order chi connectivity index (χ0) is 19.9. The summed E-state index contributed by atoms with van der Waals surface area (Å²) in [6, 6.07) is 2.00. The third kappa shape index (κ3) is 4.06. The third-order valence-electron chi connectivity index (χ3n) is 4.95. The molecule has 1 aliphatic heterocycles. The maximum atomic E-state index is 13.4. The van der Waals surface area contributed by atoms with Crippen molar-refractivity contribution in [3.8, 4) is 0 Å². The lowest BCUT2D eigenvalue weighted by Gasteiger charge is -2.26. The van der Waals surface area contributed by atoms with Gasteiger partial charge in [0.15, 0.2) is 5.79 Å². The molecule has 1 amide bonds. The molecular weight excluding hydrogens is 346 g/mol. The van der Waals surface area contributed by atoms with Crippen molar-refractivity contribution in [3.63, 3.8) is 0 Å². The average Bonchev–Trinajstić information content (AvgIpc) is 3.15. The standard InChI is InChI=1S/C19H29N5O3/c1-12-8-15(23(7)20-12)9-24(10-16-11-26-19(4,5)27-16)18(25)17-13(2)21-22(6)14(17)3/h8,16H,9-11H2,1-7H3/t16-/m1/s1. The van der Waals surface area contributed by atoms with Crippen LogP contribution in [0.2, 0.25) is 0 Å². The number of hydrogen-bond donors (Lipinski definition) is 0. The minimum absolute atomic E-state index is 0.0507. The Bertz CT molecular complexity index is 852. The number of aromatic nitrogens is 4. The van der Waals surface area contributed by atoms with E-state index in [0.717, 1.165) is 22.8 Å². The summed E-state index contributed by atoms with van der Waals surface area (Å²) >= 11 is 0. The predicted octanol–water partition coefficient (Wildman–Crippen LogP) is 1.87. The lowest BCUT2D eigenvalue weighted by Crippen LogP contribution is -2.39. The van der Waals surface area contributed by atoms with Gasteiger partial charge in [0, 0.05) is 19.8 Å². The number of amides is 1. The molecule has 1 saturated heterocycles. The molecule has 0 radical (unpaired) electrons. The lowest BCUT2D eigenvalue weighted by atomic mass is 10.1. The number of nitrogens with zero attached hydrogens (tertiary/aromatic N) is 5. The number of hydrogen-bond acceptors (Lipinski definition) is 5. The van der Waals surface area contributed by atoms with Crippen LogP contribution in [-0.2, 0) is 30.1 Å². The van der Waals surface area contributed by atoms with Gasteiger partial charge in [-0.1, -0.05) is 0 Å². The fourth-order valence-corrected chi connectivity index (χ4v) is 3.57. The highest BCUT2D eigenvalue weighted by Crippen LogP contribution is 2.25. The zero-order valence-electron chi connectivity index (χ0n) is 17.2. The van der Waals surface area contributed by atoms with Crippen LogP contribution in [-0.4, -0.2) is 55.4 Å². The zero-order valence-corrected chi connectivity index (χ0v) is 17.2. The Morgan fingerprint density at radius 2 is 1.96 bits per heavy atom. The molecule has 1 fully saturated rings. The topological polar surface area (TPSA) is 74.4 Å². The van der Waals surface area contributed by atoms with Crippen LogP contribution in [0.25, 0.3) is 0 Å². The van der Waals surface area contributed by atoms with Gasteiger partial charge in [-0.15, -0.1) is 0 Å². The lowest BCUT2D eigenvalue weighted by molar-refractivity contribution is -0.139. The summed E-state index contributed by atoms with van der Waals surface area (Å²) in [5, 5.41) is 8.79. The smallest absolute Gasteiger partial charge is 0.258 e. The molecule has 0 saturated carbocycles. The Kier molecular flexibility index (Phi) is 5.14. The highest BCUT2D eigenvalue weighted by Gasteiger charge is 2.35. The number of aryl methyl sites for hydroxylation is 4. The highest BCUT2D eigenvalue weighted by atomic mass is 16.7. The molecule has 0 spiro atoms. The number of rotatable bonds is 5. The summed E-state index contributed by atoms with van der Waals surface area (Å²) in [6.45, 7) is 10.9. The summed E-state index contributed by atoms with van der Waals surface area (Å²) in [6.07, 6.45) is -0.171. The van der Waals surface area contributed by atoms with Crippen molar-refractivity contribution in [1.82, 2.24) is 24.5 Å². The molecule has 0 N–H and O–H groups in total. The van der Waals surface area contributed by atoms with Crippen LogP contribution in [0.1, 0.15) is 47.0 Å². The van der Waals surface area contributed by atoms with Crippen molar-refractivity contribution < 1.29 is 14.3 Å². The van der Waals surface area contributed by atoms with E-state index < -0.39 is 5.79 Å². The van der Waals surface area contributed by atoms with E-state index in [9.17, 15) is 4.79 Å². The van der Waals surface area contributed by atoms with Crippen molar-refractivity contribution in [2.45, 2.75) is 53.1 Å². The maximum absolute atomic E-state index is 13.4. The molecule has 0 aromatic carbocycles. The van der Waals surface area contributed by atoms with E-state index in [1.54, 1.807) is 4.68 Å². The summed E-state index contributed by atoms with van der Waals surface area (Å²) in [5.41, 5.74) is 4.13. The number of carbonyl (C=O) groups excluding carboxylic acids is 1. The second-order valence-electron chi connectivity index (χ2n) is 7.71. The maximum Gasteiger partial charge on any atom is 0.258 e. The van der Waals surface area contributed by atoms with Crippen LogP contribution in [0.15, 0.2) is 6.07 Å². The molecular formula is C19H29N5O3. The Morgan fingerprint density at radius 3 is 2.44 bits per heavy atom. The number of carbonyl (C=O) groups is 1. The molecule has 148 valence electrons. The van der Waals surface area contributed by atoms with Crippen LogP contribution < -0.4 is 0 Å². The summed E-state index contributed by atoms with van der Waals surface area (Å²) in [5.74, 6) is -0.673. The molecule has 8 nitrogen and oxygen atoms in total. The molecule has 27 heavy (non-hydrogen) atoms. The first-order valence-electron chi connectivity index (χ1n) is 9.18. The van der Waals surface area contributed by atoms with Gasteiger partial charge in [-0.3, -0.25) is 14.2 Å².